The highest BCUT2D eigenvalue weighted by atomic mass is 15.1. The molecule has 0 saturated carbocycles. The molecule has 1 aliphatic heterocycles. The number of nitrogens with one attached hydrogen (secondary N) is 1. The maximum atomic E-state index is 4.49. The monoisotopic (exact) mass is 202 g/mol. The van der Waals surface area contributed by atoms with Crippen LogP contribution in [0, 0.1) is 0 Å². The van der Waals surface area contributed by atoms with Crippen LogP contribution in [0.5, 0.6) is 0 Å². The lowest BCUT2D eigenvalue weighted by Crippen LogP contribution is -2.29. The minimum absolute atomic E-state index is 0.525. The molecule has 0 bridgehead atoms. The average Bonchev–Trinajstić information content (AvgIpc) is 2.78. The first-order chi connectivity index (χ1) is 7.45. The zero-order valence-electron chi connectivity index (χ0n) is 8.56. The Kier molecular flexibility index (Phi) is 2.14. The number of fused-ring (bicyclic) bond motifs is 1. The summed E-state index contributed by atoms with van der Waals surface area (Å²) in [7, 11) is 0. The van der Waals surface area contributed by atoms with Crippen molar-refractivity contribution in [3.63, 3.8) is 0 Å². The molecule has 15 heavy (non-hydrogen) atoms. The first-order valence-electron chi connectivity index (χ1n) is 5.44. The van der Waals surface area contributed by atoms with Crippen molar-refractivity contribution in [3.05, 3.63) is 30.5 Å². The second-order valence-electron chi connectivity index (χ2n) is 4.00. The summed E-state index contributed by atoms with van der Waals surface area (Å²) >= 11 is 0. The minimum atomic E-state index is 0.525. The molecule has 78 valence electrons. The van der Waals surface area contributed by atoms with Gasteiger partial charge in [0.25, 0.3) is 0 Å². The van der Waals surface area contributed by atoms with Crippen LogP contribution in [0.15, 0.2) is 24.7 Å². The van der Waals surface area contributed by atoms with Gasteiger partial charge in [0.15, 0.2) is 0 Å². The predicted octanol–water partition coefficient (Wildman–Crippen LogP) is 1.20. The van der Waals surface area contributed by atoms with Gasteiger partial charge < -0.3 is 5.32 Å². The van der Waals surface area contributed by atoms with Crippen LogP contribution in [-0.4, -0.2) is 27.5 Å². The first kappa shape index (κ1) is 8.85. The molecule has 2 aromatic heterocycles. The number of aromatic nitrogens is 3. The van der Waals surface area contributed by atoms with Gasteiger partial charge in [0, 0.05) is 31.1 Å². The molecule has 1 fully saturated rings. The number of hydrogen-bond acceptors (Lipinski definition) is 3. The summed E-state index contributed by atoms with van der Waals surface area (Å²) in [5.74, 6) is 1.66. The fourth-order valence-electron chi connectivity index (χ4n) is 2.25. The molecule has 0 aliphatic carbocycles. The molecule has 1 saturated heterocycles. The molecular weight excluding hydrogens is 188 g/mol. The number of imidazole rings is 1. The summed E-state index contributed by atoms with van der Waals surface area (Å²) in [6, 6.07) is 1.94. The van der Waals surface area contributed by atoms with E-state index in [0.717, 1.165) is 24.6 Å². The van der Waals surface area contributed by atoms with E-state index in [1.54, 1.807) is 0 Å². The number of hydrogen-bond donors (Lipinski definition) is 1. The summed E-state index contributed by atoms with van der Waals surface area (Å²) < 4.78 is 2.09. The molecule has 1 N–H and O–H groups in total. The molecule has 2 aromatic rings. The van der Waals surface area contributed by atoms with Gasteiger partial charge >= 0.3 is 0 Å². The number of rotatable bonds is 1. The Hall–Kier alpha value is -1.42. The SMILES string of the molecule is c1cc2nccn2c(C2CCCNC2)n1. The lowest BCUT2D eigenvalue weighted by Gasteiger charge is -2.22. The quantitative estimate of drug-likeness (QED) is 0.755. The summed E-state index contributed by atoms with van der Waals surface area (Å²) in [4.78, 5) is 8.76. The summed E-state index contributed by atoms with van der Waals surface area (Å²) in [6.07, 6.45) is 8.13. The summed E-state index contributed by atoms with van der Waals surface area (Å²) in [5, 5.41) is 3.42. The first-order valence-corrected chi connectivity index (χ1v) is 5.44. The van der Waals surface area contributed by atoms with Crippen molar-refractivity contribution < 1.29 is 0 Å². The zero-order chi connectivity index (χ0) is 10.1. The molecule has 0 aromatic carbocycles. The molecule has 0 radical (unpaired) electrons. The Bertz CT molecular complexity index is 456. The maximum Gasteiger partial charge on any atom is 0.139 e. The van der Waals surface area contributed by atoms with Gasteiger partial charge in [0.2, 0.25) is 0 Å². The third kappa shape index (κ3) is 1.51. The molecule has 0 amide bonds. The van der Waals surface area contributed by atoms with Crippen LogP contribution < -0.4 is 5.32 Å². The van der Waals surface area contributed by atoms with E-state index in [-0.39, 0.29) is 0 Å². The fourth-order valence-corrected chi connectivity index (χ4v) is 2.25. The minimum Gasteiger partial charge on any atom is -0.316 e. The Balaban J connectivity index is 2.05. The van der Waals surface area contributed by atoms with E-state index in [1.165, 1.54) is 12.8 Å². The van der Waals surface area contributed by atoms with Gasteiger partial charge in [0.05, 0.1) is 0 Å². The van der Waals surface area contributed by atoms with Crippen molar-refractivity contribution in [2.45, 2.75) is 18.8 Å². The van der Waals surface area contributed by atoms with E-state index in [1.807, 2.05) is 24.7 Å². The molecule has 3 heterocycles. The highest BCUT2D eigenvalue weighted by Crippen LogP contribution is 2.21. The molecule has 1 unspecified atom stereocenters. The van der Waals surface area contributed by atoms with E-state index in [2.05, 4.69) is 19.7 Å². The Morgan fingerprint density at radius 1 is 1.33 bits per heavy atom. The van der Waals surface area contributed by atoms with Gasteiger partial charge in [0.1, 0.15) is 11.5 Å². The molecule has 4 nitrogen and oxygen atoms in total. The lowest BCUT2D eigenvalue weighted by atomic mass is 9.99. The zero-order valence-corrected chi connectivity index (χ0v) is 8.56. The Labute approximate surface area is 88.4 Å². The molecule has 3 rings (SSSR count). The fraction of sp³-hybridized carbons (Fsp3) is 0.455. The van der Waals surface area contributed by atoms with Crippen molar-refractivity contribution >= 4 is 5.65 Å². The third-order valence-electron chi connectivity index (χ3n) is 3.01. The topological polar surface area (TPSA) is 42.2 Å². The van der Waals surface area contributed by atoms with Crippen LogP contribution in [0.3, 0.4) is 0 Å². The number of piperidine rings is 1. The van der Waals surface area contributed by atoms with Crippen LogP contribution in [-0.2, 0) is 0 Å². The van der Waals surface area contributed by atoms with Crippen LogP contribution in [0.1, 0.15) is 24.6 Å². The molecule has 0 spiro atoms. The van der Waals surface area contributed by atoms with Gasteiger partial charge in [-0.15, -0.1) is 0 Å². The van der Waals surface area contributed by atoms with Crippen LogP contribution in [0.2, 0.25) is 0 Å². The largest absolute Gasteiger partial charge is 0.316 e. The standard InChI is InChI=1S/C11H14N4/c1-2-9(8-12-4-1)11-14-5-3-10-13-6-7-15(10)11/h3,5-7,9,12H,1-2,4,8H2. The highest BCUT2D eigenvalue weighted by Gasteiger charge is 2.18. The molecule has 1 aliphatic rings. The summed E-state index contributed by atoms with van der Waals surface area (Å²) in [5.41, 5.74) is 0.991. The predicted molar refractivity (Wildman–Crippen MR) is 57.8 cm³/mol. The van der Waals surface area contributed by atoms with Crippen molar-refractivity contribution in [1.82, 2.24) is 19.7 Å². The number of nitrogens with zero attached hydrogens (tertiary/aromatic N) is 3. The molecule has 1 atom stereocenters. The lowest BCUT2D eigenvalue weighted by molar-refractivity contribution is 0.443. The van der Waals surface area contributed by atoms with E-state index >= 15 is 0 Å². The third-order valence-corrected chi connectivity index (χ3v) is 3.01. The Morgan fingerprint density at radius 3 is 3.20 bits per heavy atom. The van der Waals surface area contributed by atoms with Gasteiger partial charge in [-0.2, -0.15) is 0 Å². The van der Waals surface area contributed by atoms with Gasteiger partial charge in [-0.3, -0.25) is 4.40 Å². The Morgan fingerprint density at radius 2 is 2.33 bits per heavy atom. The normalized spacial score (nSPS) is 22.0. The van der Waals surface area contributed by atoms with E-state index in [9.17, 15) is 0 Å². The highest BCUT2D eigenvalue weighted by molar-refractivity contribution is 5.37. The smallest absolute Gasteiger partial charge is 0.139 e. The average molecular weight is 202 g/mol. The molecule has 4 heteroatoms. The van der Waals surface area contributed by atoms with Gasteiger partial charge in [-0.25, -0.2) is 9.97 Å². The van der Waals surface area contributed by atoms with E-state index in [0.29, 0.717) is 5.92 Å². The van der Waals surface area contributed by atoms with E-state index < -0.39 is 0 Å². The maximum absolute atomic E-state index is 4.49. The van der Waals surface area contributed by atoms with Crippen LogP contribution in [0.4, 0.5) is 0 Å². The van der Waals surface area contributed by atoms with Crippen molar-refractivity contribution in [3.8, 4) is 0 Å². The van der Waals surface area contributed by atoms with Gasteiger partial charge in [-0.1, -0.05) is 0 Å². The molecular formula is C11H14N4. The summed E-state index contributed by atoms with van der Waals surface area (Å²) in [6.45, 7) is 2.17. The van der Waals surface area contributed by atoms with E-state index in [4.69, 9.17) is 0 Å². The van der Waals surface area contributed by atoms with Crippen LogP contribution in [0.25, 0.3) is 5.65 Å². The van der Waals surface area contributed by atoms with Crippen molar-refractivity contribution in [1.29, 1.82) is 0 Å². The van der Waals surface area contributed by atoms with Crippen molar-refractivity contribution in [2.24, 2.45) is 0 Å². The van der Waals surface area contributed by atoms with Gasteiger partial charge in [-0.05, 0) is 25.5 Å². The van der Waals surface area contributed by atoms with Crippen LogP contribution >= 0.6 is 0 Å². The second-order valence-corrected chi connectivity index (χ2v) is 4.00. The second kappa shape index (κ2) is 3.62. The van der Waals surface area contributed by atoms with Crippen molar-refractivity contribution in [2.75, 3.05) is 13.1 Å².